The molecule has 0 spiro atoms. The van der Waals surface area contributed by atoms with Gasteiger partial charge in [-0.2, -0.15) is 4.31 Å². The number of amides is 2. The number of unbranched alkanes of at least 4 members (excludes halogenated alkanes) is 3. The summed E-state index contributed by atoms with van der Waals surface area (Å²) in [6, 6.07) is 0. The summed E-state index contributed by atoms with van der Waals surface area (Å²) < 4.78 is 73.4. The van der Waals surface area contributed by atoms with Crippen LogP contribution in [-0.2, 0) is 60.2 Å². The molecule has 12 N–H and O–H groups in total. The van der Waals surface area contributed by atoms with Crippen molar-refractivity contribution in [3.8, 4) is 0 Å². The van der Waals surface area contributed by atoms with Gasteiger partial charge in [0.05, 0.1) is 31.7 Å². The Morgan fingerprint density at radius 3 is 2.43 bits per heavy atom. The number of aromatic nitrogens is 4. The third-order valence-corrected chi connectivity index (χ3v) is 13.9. The van der Waals surface area contributed by atoms with Crippen LogP contribution in [0, 0.1) is 5.41 Å². The lowest BCUT2D eigenvalue weighted by molar-refractivity contribution is -0.261. The number of nitrogens with two attached hydrogens (primary N) is 1. The van der Waals surface area contributed by atoms with Gasteiger partial charge in [-0.05, 0) is 32.3 Å². The van der Waals surface area contributed by atoms with Crippen molar-refractivity contribution in [1.82, 2.24) is 30.2 Å². The van der Waals surface area contributed by atoms with E-state index in [0.717, 1.165) is 48.2 Å². The van der Waals surface area contributed by atoms with Crippen LogP contribution in [0.2, 0.25) is 0 Å². The maximum atomic E-state index is 12.7. The van der Waals surface area contributed by atoms with E-state index < -0.39 is 109 Å². The predicted molar refractivity (Wildman–Crippen MR) is 232 cm³/mol. The third-order valence-electron chi connectivity index (χ3n) is 9.99. The van der Waals surface area contributed by atoms with Crippen molar-refractivity contribution in [3.63, 3.8) is 0 Å². The minimum Gasteiger partial charge on any atom is -0.390 e. The van der Waals surface area contributed by atoms with Gasteiger partial charge in [0, 0.05) is 43.7 Å². The molecule has 2 saturated heterocycles. The highest BCUT2D eigenvalue weighted by molar-refractivity contribution is 8.14. The van der Waals surface area contributed by atoms with Gasteiger partial charge in [0.2, 0.25) is 16.9 Å². The molecule has 0 aliphatic carbocycles. The SMILES string of the molecule is C[C@@H]1O[C@@H](OCCCCC/C=C/C(=O)SCCNC(=O)CCNC(=O)[C@H](O)C(C)(C)COP(=O)(O)OP(=O)(O)OC[C@H]2O[C@@H](n3cnc4c(N)ncnc43)[C@H](O)[C@@H]2OP(=O)(O)O)[C@H](O)C[C@H]1O. The van der Waals surface area contributed by atoms with Crippen molar-refractivity contribution in [2.24, 2.45) is 5.41 Å². The quantitative estimate of drug-likeness (QED) is 0.0310. The molecule has 32 heteroatoms. The lowest BCUT2D eigenvalue weighted by Crippen LogP contribution is -2.47. The molecule has 2 amide bonds. The van der Waals surface area contributed by atoms with E-state index in [9.17, 15) is 68.1 Å². The third kappa shape index (κ3) is 18.1. The smallest absolute Gasteiger partial charge is 0.390 e. The minimum atomic E-state index is -5.59. The van der Waals surface area contributed by atoms with E-state index in [4.69, 9.17) is 29.0 Å². The summed E-state index contributed by atoms with van der Waals surface area (Å²) >= 11 is 0.996. The largest absolute Gasteiger partial charge is 0.481 e. The number of nitrogen functional groups attached to an aromatic ring is 1. The second-order valence-corrected chi connectivity index (χ2v) is 21.3. The summed E-state index contributed by atoms with van der Waals surface area (Å²) in [5.41, 5.74) is 4.23. The van der Waals surface area contributed by atoms with Crippen LogP contribution < -0.4 is 16.4 Å². The first-order chi connectivity index (χ1) is 31.3. The summed E-state index contributed by atoms with van der Waals surface area (Å²) in [6.07, 6.45) is -3.43. The summed E-state index contributed by atoms with van der Waals surface area (Å²) in [5, 5.41) is 46.0. The number of imidazole rings is 1. The maximum absolute atomic E-state index is 12.7. The van der Waals surface area contributed by atoms with Gasteiger partial charge in [0.1, 0.15) is 42.4 Å². The van der Waals surface area contributed by atoms with Crippen LogP contribution in [0.5, 0.6) is 0 Å². The first-order valence-corrected chi connectivity index (χ1v) is 26.2. The van der Waals surface area contributed by atoms with E-state index in [2.05, 4.69) is 34.4 Å². The number of hydrogen-bond acceptors (Lipinski definition) is 22. The van der Waals surface area contributed by atoms with Crippen LogP contribution in [0.15, 0.2) is 24.8 Å². The van der Waals surface area contributed by atoms with Crippen LogP contribution in [-0.4, -0.2) is 164 Å². The predicted octanol–water partition coefficient (Wildman–Crippen LogP) is -0.345. The molecule has 11 atom stereocenters. The number of aliphatic hydroxyl groups is 4. The Morgan fingerprint density at radius 2 is 1.72 bits per heavy atom. The zero-order valence-corrected chi connectivity index (χ0v) is 40.0. The van der Waals surface area contributed by atoms with Gasteiger partial charge in [0.25, 0.3) is 0 Å². The molecule has 2 unspecified atom stereocenters. The fourth-order valence-electron chi connectivity index (χ4n) is 6.34. The average molecular weight is 1040 g/mol. The Morgan fingerprint density at radius 1 is 1.00 bits per heavy atom. The summed E-state index contributed by atoms with van der Waals surface area (Å²) in [6.45, 7) is 2.45. The summed E-state index contributed by atoms with van der Waals surface area (Å²) in [4.78, 5) is 88.1. The number of rotatable bonds is 27. The zero-order chi connectivity index (χ0) is 49.7. The second-order valence-electron chi connectivity index (χ2n) is 15.9. The number of thioether (sulfide) groups is 1. The molecule has 2 aliphatic heterocycles. The first-order valence-electron chi connectivity index (χ1n) is 20.6. The van der Waals surface area contributed by atoms with Crippen LogP contribution in [0.25, 0.3) is 11.2 Å². The highest BCUT2D eigenvalue weighted by atomic mass is 32.2. The first kappa shape index (κ1) is 56.7. The number of anilines is 1. The average Bonchev–Trinajstić information content (AvgIpc) is 3.80. The van der Waals surface area contributed by atoms with Crippen molar-refractivity contribution in [1.29, 1.82) is 0 Å². The molecule has 380 valence electrons. The number of fused-ring (bicyclic) bond motifs is 1. The Kier molecular flexibility index (Phi) is 21.4. The number of carbonyl (C=O) groups is 3. The van der Waals surface area contributed by atoms with Gasteiger partial charge in [-0.3, -0.25) is 32.5 Å². The molecule has 2 aliphatic rings. The Bertz CT molecular complexity index is 2150. The number of ether oxygens (including phenoxy) is 3. The van der Waals surface area contributed by atoms with Gasteiger partial charge in [-0.25, -0.2) is 28.6 Å². The molecule has 0 saturated carbocycles. The maximum Gasteiger partial charge on any atom is 0.481 e. The van der Waals surface area contributed by atoms with Crippen molar-refractivity contribution in [2.45, 2.75) is 115 Å². The van der Waals surface area contributed by atoms with E-state index in [0.29, 0.717) is 13.0 Å². The second kappa shape index (κ2) is 25.3. The van der Waals surface area contributed by atoms with Crippen LogP contribution in [0.4, 0.5) is 5.82 Å². The van der Waals surface area contributed by atoms with E-state index >= 15 is 0 Å². The molecule has 4 rings (SSSR count). The lowest BCUT2D eigenvalue weighted by Gasteiger charge is -2.35. The number of nitrogens with zero attached hydrogens (tertiary/aromatic N) is 4. The molecule has 4 heterocycles. The Balaban J connectivity index is 1.10. The van der Waals surface area contributed by atoms with Crippen LogP contribution in [0.1, 0.15) is 65.5 Å². The van der Waals surface area contributed by atoms with E-state index in [1.807, 2.05) is 0 Å². The number of phosphoric acid groups is 3. The van der Waals surface area contributed by atoms with Crippen LogP contribution in [0.3, 0.4) is 0 Å². The van der Waals surface area contributed by atoms with E-state index in [1.54, 1.807) is 13.0 Å². The molecule has 28 nitrogen and oxygen atoms in total. The molecule has 2 aromatic rings. The molecule has 0 aromatic carbocycles. The number of phosphoric ester groups is 3. The highest BCUT2D eigenvalue weighted by Crippen LogP contribution is 2.61. The lowest BCUT2D eigenvalue weighted by atomic mass is 9.87. The van der Waals surface area contributed by atoms with Crippen molar-refractivity contribution in [3.05, 3.63) is 24.8 Å². The molecular formula is C35H58N7O21P3S. The zero-order valence-electron chi connectivity index (χ0n) is 36.5. The standard InChI is InChI=1S/C35H58N7O21P3S/c1-20-21(43)15-22(44)34(60-20)57-13-8-6-4-5-7-9-25(46)67-14-12-37-24(45)10-11-38-32(49)29(48)35(2,3)17-59-66(55,56)63-65(53,54)58-16-23-28(62-64(50,51)52)27(47)33(61-23)42-19-41-26-30(36)39-18-40-31(26)42/h7,9,18-23,27-29,33-34,43-44,47-48H,4-6,8,10-17H2,1-3H3,(H,37,45)(H,38,49)(H,53,54)(H,55,56)(H2,36,39,40)(H2,50,51,52)/b9-7+/t20-,21+,22+,23+,27+,28+,29-,33+,34+/m0/s1. The van der Waals surface area contributed by atoms with Gasteiger partial charge in [-0.15, -0.1) is 0 Å². The van der Waals surface area contributed by atoms with Crippen molar-refractivity contribution in [2.75, 3.05) is 44.4 Å². The number of hydrogen-bond donors (Lipinski definition) is 11. The number of allylic oxidation sites excluding steroid dienone is 1. The molecule has 2 aromatic heterocycles. The number of nitrogens with one attached hydrogen (secondary N) is 2. The van der Waals surface area contributed by atoms with E-state index in [-0.39, 0.29) is 53.8 Å². The highest BCUT2D eigenvalue weighted by Gasteiger charge is 2.50. The fraction of sp³-hybridized carbons (Fsp3) is 0.714. The number of aliphatic hydroxyl groups excluding tert-OH is 4. The molecular weight excluding hydrogens is 979 g/mol. The monoisotopic (exact) mass is 1040 g/mol. The number of carbonyl (C=O) groups excluding carboxylic acids is 3. The Labute approximate surface area is 387 Å². The van der Waals surface area contributed by atoms with E-state index in [1.165, 1.54) is 19.9 Å². The fourth-order valence-corrected chi connectivity index (χ4v) is 9.77. The van der Waals surface area contributed by atoms with Gasteiger partial charge in [-0.1, -0.05) is 38.1 Å². The van der Waals surface area contributed by atoms with Gasteiger partial charge < -0.3 is 70.6 Å². The van der Waals surface area contributed by atoms with Crippen LogP contribution >= 0.6 is 35.2 Å². The Hall–Kier alpha value is -2.86. The molecule has 0 radical (unpaired) electrons. The topological polar surface area (TPSA) is 423 Å². The van der Waals surface area contributed by atoms with Crippen molar-refractivity contribution >= 4 is 69.1 Å². The summed E-state index contributed by atoms with van der Waals surface area (Å²) in [7, 11) is -16.5. The minimum absolute atomic E-state index is 0.0224. The van der Waals surface area contributed by atoms with Gasteiger partial charge in [0.15, 0.2) is 24.0 Å². The van der Waals surface area contributed by atoms with Crippen molar-refractivity contribution < 1.29 is 100 Å². The normalized spacial score (nSPS) is 26.0. The van der Waals surface area contributed by atoms with Gasteiger partial charge >= 0.3 is 23.5 Å². The molecule has 2 fully saturated rings. The molecule has 67 heavy (non-hydrogen) atoms. The summed E-state index contributed by atoms with van der Waals surface area (Å²) in [5.74, 6) is -1.24. The molecule has 0 bridgehead atoms.